The van der Waals surface area contributed by atoms with Gasteiger partial charge in [0.1, 0.15) is 5.82 Å². The molecule has 2 rings (SSSR count). The van der Waals surface area contributed by atoms with Gasteiger partial charge in [0, 0.05) is 13.0 Å². The van der Waals surface area contributed by atoms with Crippen LogP contribution in [0, 0.1) is 5.82 Å². The van der Waals surface area contributed by atoms with Crippen molar-refractivity contribution in [1.82, 2.24) is 4.90 Å². The maximum atomic E-state index is 12.8. The predicted octanol–water partition coefficient (Wildman–Crippen LogP) is 1.46. The molecule has 0 aromatic heterocycles. The minimum atomic E-state index is -0.943. The summed E-state index contributed by atoms with van der Waals surface area (Å²) < 4.78 is 18.0. The van der Waals surface area contributed by atoms with Crippen LogP contribution in [0.2, 0.25) is 0 Å². The number of halogens is 1. The molecule has 1 N–H and O–H groups in total. The van der Waals surface area contributed by atoms with Crippen molar-refractivity contribution in [2.24, 2.45) is 0 Å². The lowest BCUT2D eigenvalue weighted by Gasteiger charge is -2.35. The van der Waals surface area contributed by atoms with Crippen LogP contribution in [0.5, 0.6) is 0 Å². The lowest BCUT2D eigenvalue weighted by molar-refractivity contribution is -0.146. The zero-order valence-electron chi connectivity index (χ0n) is 11.6. The lowest BCUT2D eigenvalue weighted by atomic mass is 10.1. The van der Waals surface area contributed by atoms with Gasteiger partial charge in [-0.15, -0.1) is 0 Å². The fourth-order valence-electron chi connectivity index (χ4n) is 2.40. The zero-order valence-corrected chi connectivity index (χ0v) is 11.6. The highest BCUT2D eigenvalue weighted by molar-refractivity contribution is 5.78. The molecule has 1 aromatic carbocycles. The van der Waals surface area contributed by atoms with Crippen LogP contribution in [0.1, 0.15) is 18.4 Å². The topological polar surface area (TPSA) is 66.8 Å². The van der Waals surface area contributed by atoms with Crippen molar-refractivity contribution in [1.29, 1.82) is 0 Å². The van der Waals surface area contributed by atoms with E-state index in [1.807, 2.05) is 0 Å². The highest BCUT2D eigenvalue weighted by atomic mass is 19.1. The van der Waals surface area contributed by atoms with Crippen LogP contribution in [0.4, 0.5) is 4.39 Å². The maximum absolute atomic E-state index is 12.8. The van der Waals surface area contributed by atoms with E-state index >= 15 is 0 Å². The number of carbonyl (C=O) groups excluding carboxylic acids is 1. The number of rotatable bonds is 5. The molecular weight excluding hydrogens is 277 g/mol. The number of aliphatic carboxylic acids is 1. The molecule has 0 aliphatic carbocycles. The smallest absolute Gasteiger partial charge is 0.305 e. The summed E-state index contributed by atoms with van der Waals surface area (Å²) >= 11 is 0. The van der Waals surface area contributed by atoms with Gasteiger partial charge >= 0.3 is 5.97 Å². The molecule has 1 amide bonds. The van der Waals surface area contributed by atoms with Gasteiger partial charge in [-0.05, 0) is 24.1 Å². The Bertz CT molecular complexity index is 503. The van der Waals surface area contributed by atoms with Crippen molar-refractivity contribution < 1.29 is 23.8 Å². The SMILES string of the molecule is O=C(O)CC1COCCN1C(=O)CCc1ccc(F)cc1. The number of carboxylic acids is 1. The molecule has 6 heteroatoms. The van der Waals surface area contributed by atoms with Crippen LogP contribution in [0.15, 0.2) is 24.3 Å². The molecular formula is C15H18FNO4. The average Bonchev–Trinajstić information content (AvgIpc) is 2.46. The molecule has 1 aliphatic heterocycles. The zero-order chi connectivity index (χ0) is 15.2. The van der Waals surface area contributed by atoms with Crippen LogP contribution in [-0.2, 0) is 20.7 Å². The van der Waals surface area contributed by atoms with E-state index in [1.165, 1.54) is 12.1 Å². The van der Waals surface area contributed by atoms with Crippen LogP contribution in [-0.4, -0.2) is 47.7 Å². The van der Waals surface area contributed by atoms with Crippen molar-refractivity contribution in [2.45, 2.75) is 25.3 Å². The standard InChI is InChI=1S/C15H18FNO4/c16-12-4-1-11(2-5-12)3-6-14(18)17-7-8-21-10-13(17)9-15(19)20/h1-2,4-5,13H,3,6-10H2,(H,19,20). The predicted molar refractivity (Wildman–Crippen MR) is 73.3 cm³/mol. The second kappa shape index (κ2) is 7.17. The third kappa shape index (κ3) is 4.53. The van der Waals surface area contributed by atoms with E-state index in [0.29, 0.717) is 19.6 Å². The third-order valence-electron chi connectivity index (χ3n) is 3.50. The fourth-order valence-corrected chi connectivity index (χ4v) is 2.40. The van der Waals surface area contributed by atoms with Gasteiger partial charge in [-0.3, -0.25) is 9.59 Å². The molecule has 1 aliphatic rings. The van der Waals surface area contributed by atoms with E-state index in [2.05, 4.69) is 0 Å². The molecule has 114 valence electrons. The van der Waals surface area contributed by atoms with Gasteiger partial charge in [-0.2, -0.15) is 0 Å². The molecule has 1 aromatic rings. The first-order valence-electron chi connectivity index (χ1n) is 6.89. The summed E-state index contributed by atoms with van der Waals surface area (Å²) in [6, 6.07) is 5.62. The highest BCUT2D eigenvalue weighted by Crippen LogP contribution is 2.14. The van der Waals surface area contributed by atoms with Gasteiger partial charge in [0.15, 0.2) is 0 Å². The summed E-state index contributed by atoms with van der Waals surface area (Å²) in [6.07, 6.45) is 0.681. The van der Waals surface area contributed by atoms with Crippen molar-refractivity contribution in [3.63, 3.8) is 0 Å². The quantitative estimate of drug-likeness (QED) is 0.893. The molecule has 0 bridgehead atoms. The fraction of sp³-hybridized carbons (Fsp3) is 0.467. The minimum Gasteiger partial charge on any atom is -0.481 e. The molecule has 1 fully saturated rings. The summed E-state index contributed by atoms with van der Waals surface area (Å²) in [5, 5.41) is 8.87. The Morgan fingerprint density at radius 1 is 1.33 bits per heavy atom. The van der Waals surface area contributed by atoms with E-state index < -0.39 is 12.0 Å². The molecule has 5 nitrogen and oxygen atoms in total. The van der Waals surface area contributed by atoms with Gasteiger partial charge in [0.2, 0.25) is 5.91 Å². The first-order chi connectivity index (χ1) is 10.1. The monoisotopic (exact) mass is 295 g/mol. The van der Waals surface area contributed by atoms with Crippen LogP contribution in [0.3, 0.4) is 0 Å². The molecule has 1 unspecified atom stereocenters. The number of carboxylic acid groups (broad SMARTS) is 1. The Balaban J connectivity index is 1.91. The van der Waals surface area contributed by atoms with Crippen molar-refractivity contribution >= 4 is 11.9 Å². The van der Waals surface area contributed by atoms with Gasteiger partial charge in [-0.1, -0.05) is 12.1 Å². The number of ether oxygens (including phenoxy) is 1. The molecule has 1 heterocycles. The number of hydrogen-bond donors (Lipinski definition) is 1. The number of amides is 1. The van der Waals surface area contributed by atoms with E-state index in [-0.39, 0.29) is 31.2 Å². The van der Waals surface area contributed by atoms with Gasteiger partial charge in [0.25, 0.3) is 0 Å². The van der Waals surface area contributed by atoms with Crippen LogP contribution < -0.4 is 0 Å². The van der Waals surface area contributed by atoms with E-state index in [0.717, 1.165) is 5.56 Å². The van der Waals surface area contributed by atoms with E-state index in [1.54, 1.807) is 17.0 Å². The largest absolute Gasteiger partial charge is 0.481 e. The highest BCUT2D eigenvalue weighted by Gasteiger charge is 2.28. The van der Waals surface area contributed by atoms with Gasteiger partial charge in [0.05, 0.1) is 25.7 Å². The van der Waals surface area contributed by atoms with Gasteiger partial charge in [-0.25, -0.2) is 4.39 Å². The average molecular weight is 295 g/mol. The third-order valence-corrected chi connectivity index (χ3v) is 3.50. The molecule has 0 spiro atoms. The number of aryl methyl sites for hydroxylation is 1. The van der Waals surface area contributed by atoms with Crippen molar-refractivity contribution in [3.8, 4) is 0 Å². The summed E-state index contributed by atoms with van der Waals surface area (Å²) in [6.45, 7) is 1.10. The summed E-state index contributed by atoms with van der Waals surface area (Å²) in [5.41, 5.74) is 0.882. The number of morpholine rings is 1. The molecule has 1 atom stereocenters. The first-order valence-corrected chi connectivity index (χ1v) is 6.89. The number of carbonyl (C=O) groups is 2. The second-order valence-corrected chi connectivity index (χ2v) is 5.04. The molecule has 21 heavy (non-hydrogen) atoms. The Kier molecular flexibility index (Phi) is 5.27. The van der Waals surface area contributed by atoms with Crippen molar-refractivity contribution in [2.75, 3.05) is 19.8 Å². The molecule has 0 saturated carbocycles. The molecule has 0 radical (unpaired) electrons. The Morgan fingerprint density at radius 3 is 2.71 bits per heavy atom. The molecule has 1 saturated heterocycles. The summed E-state index contributed by atoms with van der Waals surface area (Å²) in [7, 11) is 0. The van der Waals surface area contributed by atoms with Gasteiger partial charge < -0.3 is 14.7 Å². The Hall–Kier alpha value is -1.95. The number of nitrogens with zero attached hydrogens (tertiary/aromatic N) is 1. The normalized spacial score (nSPS) is 18.5. The first kappa shape index (κ1) is 15.4. The van der Waals surface area contributed by atoms with Crippen LogP contribution >= 0.6 is 0 Å². The summed E-state index contributed by atoms with van der Waals surface area (Å²) in [4.78, 5) is 24.6. The minimum absolute atomic E-state index is 0.0890. The Morgan fingerprint density at radius 2 is 2.05 bits per heavy atom. The lowest BCUT2D eigenvalue weighted by Crippen LogP contribution is -2.49. The Labute approximate surface area is 122 Å². The second-order valence-electron chi connectivity index (χ2n) is 5.04. The van der Waals surface area contributed by atoms with E-state index in [9.17, 15) is 14.0 Å². The summed E-state index contributed by atoms with van der Waals surface area (Å²) in [5.74, 6) is -1.34. The number of benzene rings is 1. The van der Waals surface area contributed by atoms with Crippen LogP contribution in [0.25, 0.3) is 0 Å². The maximum Gasteiger partial charge on any atom is 0.305 e. The number of hydrogen-bond acceptors (Lipinski definition) is 3. The van der Waals surface area contributed by atoms with Crippen molar-refractivity contribution in [3.05, 3.63) is 35.6 Å². The van der Waals surface area contributed by atoms with E-state index in [4.69, 9.17) is 9.84 Å².